The topological polar surface area (TPSA) is 86.3 Å². The number of fused-ring (bicyclic) bond motifs is 1. The molecular weight excluding hydrogens is 354 g/mol. The number of hydrogen-bond donors (Lipinski definition) is 2. The predicted molar refractivity (Wildman–Crippen MR) is 107 cm³/mol. The van der Waals surface area contributed by atoms with Crippen molar-refractivity contribution < 1.29 is 9.90 Å². The number of benzene rings is 1. The predicted octanol–water partition coefficient (Wildman–Crippen LogP) is 2.76. The Balaban J connectivity index is 0.00000163. The molecule has 1 aromatic carbocycles. The van der Waals surface area contributed by atoms with E-state index in [2.05, 4.69) is 16.5 Å². The van der Waals surface area contributed by atoms with Gasteiger partial charge in [0.05, 0.1) is 11.8 Å². The van der Waals surface area contributed by atoms with Crippen molar-refractivity contribution in [2.45, 2.75) is 6.42 Å². The number of aliphatic hydroxyl groups is 1. The molecule has 0 saturated carbocycles. The third kappa shape index (κ3) is 4.91. The zero-order chi connectivity index (χ0) is 19.7. The fourth-order valence-corrected chi connectivity index (χ4v) is 2.52. The Morgan fingerprint density at radius 1 is 1.27 bits per heavy atom. The number of anilines is 1. The highest BCUT2D eigenvalue weighted by atomic mass is 35.5. The van der Waals surface area contributed by atoms with Crippen molar-refractivity contribution in [3.8, 4) is 0 Å². The molecule has 1 heterocycles. The third-order valence-corrected chi connectivity index (χ3v) is 3.86. The number of aldehydes is 1. The van der Waals surface area contributed by atoms with Crippen LogP contribution in [0.25, 0.3) is 17.0 Å². The van der Waals surface area contributed by atoms with E-state index in [0.717, 1.165) is 7.11 Å². The first-order valence-corrected chi connectivity index (χ1v) is 8.12. The van der Waals surface area contributed by atoms with Crippen molar-refractivity contribution in [3.05, 3.63) is 63.5 Å². The Bertz CT molecular complexity index is 906. The summed E-state index contributed by atoms with van der Waals surface area (Å²) >= 11 is 6.20. The van der Waals surface area contributed by atoms with Crippen LogP contribution in [-0.4, -0.2) is 42.6 Å². The molecule has 0 aliphatic rings. The lowest BCUT2D eigenvalue weighted by molar-refractivity contribution is -0.107. The fourth-order valence-electron chi connectivity index (χ4n) is 2.28. The first-order valence-electron chi connectivity index (χ1n) is 7.74. The number of aromatic nitrogens is 2. The number of carbonyl (C=O) groups is 1. The average Bonchev–Trinajstić information content (AvgIpc) is 2.64. The molecule has 138 valence electrons. The van der Waals surface area contributed by atoms with Gasteiger partial charge in [0.15, 0.2) is 5.43 Å². The van der Waals surface area contributed by atoms with Crippen molar-refractivity contribution in [1.29, 1.82) is 0 Å². The zero-order valence-electron chi connectivity index (χ0n) is 15.0. The lowest BCUT2D eigenvalue weighted by Gasteiger charge is -2.09. The van der Waals surface area contributed by atoms with Gasteiger partial charge >= 0.3 is 0 Å². The van der Waals surface area contributed by atoms with Crippen LogP contribution in [-0.2, 0) is 11.2 Å². The largest absolute Gasteiger partial charge is 0.400 e. The van der Waals surface area contributed by atoms with Crippen molar-refractivity contribution in [2.75, 3.05) is 26.1 Å². The molecule has 0 bridgehead atoms. The minimum Gasteiger partial charge on any atom is -0.400 e. The normalized spacial score (nSPS) is 9.58. The highest BCUT2D eigenvalue weighted by Gasteiger charge is 2.07. The summed E-state index contributed by atoms with van der Waals surface area (Å²) in [6.45, 7) is 3.75. The smallest absolute Gasteiger partial charge is 0.191 e. The molecular formula is C19H22ClN3O3. The quantitative estimate of drug-likeness (QED) is 0.802. The first kappa shape index (κ1) is 21.3. The van der Waals surface area contributed by atoms with Gasteiger partial charge in [0.2, 0.25) is 0 Å². The molecule has 0 amide bonds. The van der Waals surface area contributed by atoms with E-state index >= 15 is 0 Å². The van der Waals surface area contributed by atoms with Gasteiger partial charge in [-0.05, 0) is 18.2 Å². The van der Waals surface area contributed by atoms with Crippen molar-refractivity contribution in [2.24, 2.45) is 0 Å². The molecule has 2 N–H and O–H groups in total. The van der Waals surface area contributed by atoms with Gasteiger partial charge in [-0.15, -0.1) is 0 Å². The lowest BCUT2D eigenvalue weighted by Crippen LogP contribution is -2.11. The summed E-state index contributed by atoms with van der Waals surface area (Å²) in [5.74, 6) is 0.629. The monoisotopic (exact) mass is 375 g/mol. The molecule has 26 heavy (non-hydrogen) atoms. The molecule has 0 fully saturated rings. The van der Waals surface area contributed by atoms with Gasteiger partial charge in [0.25, 0.3) is 0 Å². The van der Waals surface area contributed by atoms with Crippen LogP contribution in [0.5, 0.6) is 0 Å². The van der Waals surface area contributed by atoms with E-state index < -0.39 is 0 Å². The van der Waals surface area contributed by atoms with Crippen LogP contribution in [0, 0.1) is 0 Å². The number of nitrogens with one attached hydrogen (secondary N) is 1. The summed E-state index contributed by atoms with van der Waals surface area (Å²) in [5, 5.41) is 7.88. The van der Waals surface area contributed by atoms with E-state index in [4.69, 9.17) is 16.7 Å². The lowest BCUT2D eigenvalue weighted by atomic mass is 10.1. The van der Waals surface area contributed by atoms with Gasteiger partial charge in [0.1, 0.15) is 12.1 Å². The fraction of sp³-hybridized carbons (Fsp3) is 0.211. The summed E-state index contributed by atoms with van der Waals surface area (Å²) < 4.78 is 0. The van der Waals surface area contributed by atoms with Gasteiger partial charge in [0, 0.05) is 49.2 Å². The Morgan fingerprint density at radius 3 is 2.54 bits per heavy atom. The van der Waals surface area contributed by atoms with E-state index in [1.54, 1.807) is 35.2 Å². The van der Waals surface area contributed by atoms with Gasteiger partial charge in [-0.3, -0.25) is 4.79 Å². The molecule has 0 atom stereocenters. The number of hydrogen-bond acceptors (Lipinski definition) is 5. The number of aromatic amines is 1. The van der Waals surface area contributed by atoms with E-state index in [0.29, 0.717) is 39.2 Å². The maximum absolute atomic E-state index is 12.9. The SMILES string of the molecule is C=Cc1c(Cl)ccc2c(=O)c(CC=O)ccc(N(C)C)nc[nH]c12.CO. The number of aliphatic hydroxyl groups excluding tert-OH is 1. The molecule has 0 radical (unpaired) electrons. The van der Waals surface area contributed by atoms with Crippen LogP contribution >= 0.6 is 11.6 Å². The van der Waals surface area contributed by atoms with Gasteiger partial charge in [-0.25, -0.2) is 4.98 Å². The number of H-pyrrole nitrogens is 1. The molecule has 0 aliphatic heterocycles. The van der Waals surface area contributed by atoms with Crippen molar-refractivity contribution in [1.82, 2.24) is 9.97 Å². The molecule has 2 aromatic rings. The van der Waals surface area contributed by atoms with E-state index in [-0.39, 0.29) is 11.8 Å². The summed E-state index contributed by atoms with van der Waals surface area (Å²) in [5.41, 5.74) is 1.26. The Hall–Kier alpha value is -2.70. The summed E-state index contributed by atoms with van der Waals surface area (Å²) in [6, 6.07) is 6.59. The van der Waals surface area contributed by atoms with E-state index in [9.17, 15) is 9.59 Å². The Labute approximate surface area is 157 Å². The molecule has 1 aromatic heterocycles. The van der Waals surface area contributed by atoms with Crippen molar-refractivity contribution in [3.63, 3.8) is 0 Å². The summed E-state index contributed by atoms with van der Waals surface area (Å²) in [6.07, 6.45) is 3.80. The first-order chi connectivity index (χ1) is 12.5. The average molecular weight is 376 g/mol. The Kier molecular flexibility index (Phi) is 8.48. The molecule has 0 saturated heterocycles. The standard InChI is InChI=1S/C18H18ClN3O2.CH4O/c1-4-13-15(19)7-6-14-17(13)21-11-20-16(22(2)3)8-5-12(9-10-23)18(14)24;1-2/h4-8,10-11H,1,9H2,2-3H3,(H,20,21);2H,1H3. The number of halogens is 1. The van der Waals surface area contributed by atoms with E-state index in [1.165, 1.54) is 6.33 Å². The number of rotatable bonds is 4. The number of carbonyl (C=O) groups excluding carboxylic acids is 1. The van der Waals surface area contributed by atoms with Crippen LogP contribution in [0.4, 0.5) is 5.82 Å². The minimum absolute atomic E-state index is 0.0191. The zero-order valence-corrected chi connectivity index (χ0v) is 15.7. The third-order valence-electron chi connectivity index (χ3n) is 3.53. The maximum Gasteiger partial charge on any atom is 0.191 e. The minimum atomic E-state index is -0.242. The second-order valence-electron chi connectivity index (χ2n) is 5.30. The summed E-state index contributed by atoms with van der Waals surface area (Å²) in [4.78, 5) is 33.0. The van der Waals surface area contributed by atoms with Gasteiger partial charge in [-0.1, -0.05) is 30.3 Å². The highest BCUT2D eigenvalue weighted by molar-refractivity contribution is 6.33. The van der Waals surface area contributed by atoms with Gasteiger partial charge in [-0.2, -0.15) is 0 Å². The van der Waals surface area contributed by atoms with Crippen molar-refractivity contribution >= 4 is 40.7 Å². The maximum atomic E-state index is 12.9. The number of nitrogens with zero attached hydrogens (tertiary/aromatic N) is 2. The van der Waals surface area contributed by atoms with Crippen LogP contribution in [0.15, 0.2) is 42.0 Å². The molecule has 2 rings (SSSR count). The second-order valence-corrected chi connectivity index (χ2v) is 5.71. The molecule has 0 unspecified atom stereocenters. The molecule has 7 heteroatoms. The molecule has 0 spiro atoms. The summed E-state index contributed by atoms with van der Waals surface area (Å²) in [7, 11) is 4.67. The molecule has 6 nitrogen and oxygen atoms in total. The van der Waals surface area contributed by atoms with Crippen LogP contribution in [0.1, 0.15) is 11.1 Å². The van der Waals surface area contributed by atoms with Gasteiger partial charge < -0.3 is 19.8 Å². The van der Waals surface area contributed by atoms with Crippen LogP contribution in [0.3, 0.4) is 0 Å². The molecule has 0 aliphatic carbocycles. The Morgan fingerprint density at radius 2 is 1.96 bits per heavy atom. The van der Waals surface area contributed by atoms with Crippen LogP contribution in [0.2, 0.25) is 5.02 Å². The van der Waals surface area contributed by atoms with Crippen LogP contribution < -0.4 is 10.3 Å². The second kappa shape index (κ2) is 10.3. The van der Waals surface area contributed by atoms with E-state index in [1.807, 2.05) is 14.1 Å². The highest BCUT2D eigenvalue weighted by Crippen LogP contribution is 2.23.